The zero-order chi connectivity index (χ0) is 7.56. The average Bonchev–Trinajstić information content (AvgIpc) is 2.34. The average molecular weight is 142 g/mol. The van der Waals surface area contributed by atoms with Crippen LogP contribution in [0.15, 0.2) is 12.7 Å². The van der Waals surface area contributed by atoms with Crippen LogP contribution in [0.5, 0.6) is 0 Å². The Labute approximate surface area is 59.3 Å². The van der Waals surface area contributed by atoms with Gasteiger partial charge in [-0.3, -0.25) is 4.79 Å². The molecule has 0 aromatic heterocycles. The summed E-state index contributed by atoms with van der Waals surface area (Å²) in [5.74, 6) is -0.309. The van der Waals surface area contributed by atoms with Crippen LogP contribution in [-0.2, 0) is 9.53 Å². The highest BCUT2D eigenvalue weighted by atomic mass is 16.5. The van der Waals surface area contributed by atoms with Gasteiger partial charge in [0.2, 0.25) is 0 Å². The Morgan fingerprint density at radius 1 is 1.90 bits per heavy atom. The Balaban J connectivity index is 2.43. The van der Waals surface area contributed by atoms with E-state index in [4.69, 9.17) is 5.11 Å². The summed E-state index contributed by atoms with van der Waals surface area (Å²) >= 11 is 0. The fourth-order valence-corrected chi connectivity index (χ4v) is 0.944. The van der Waals surface area contributed by atoms with Crippen molar-refractivity contribution in [2.24, 2.45) is 5.92 Å². The third-order valence-corrected chi connectivity index (χ3v) is 1.61. The summed E-state index contributed by atoms with van der Waals surface area (Å²) in [5, 5.41) is 9.13. The number of cyclic esters (lactones) is 1. The highest BCUT2D eigenvalue weighted by molar-refractivity contribution is 5.71. The lowest BCUT2D eigenvalue weighted by atomic mass is 10.0. The van der Waals surface area contributed by atoms with Gasteiger partial charge in [0.25, 0.3) is 0 Å². The molecular formula is C7H10O3. The first-order valence-corrected chi connectivity index (χ1v) is 3.20. The van der Waals surface area contributed by atoms with E-state index in [9.17, 15) is 4.79 Å². The molecule has 2 unspecified atom stereocenters. The lowest BCUT2D eigenvalue weighted by Crippen LogP contribution is -2.17. The van der Waals surface area contributed by atoms with Crippen molar-refractivity contribution >= 4 is 5.97 Å². The fraction of sp³-hybridized carbons (Fsp3) is 0.571. The quantitative estimate of drug-likeness (QED) is 0.439. The Bertz CT molecular complexity index is 153. The summed E-state index contributed by atoms with van der Waals surface area (Å²) < 4.78 is 4.64. The third-order valence-electron chi connectivity index (χ3n) is 1.61. The first-order chi connectivity index (χ1) is 4.74. The number of hydrogen-bond acceptors (Lipinski definition) is 3. The van der Waals surface area contributed by atoms with Crippen molar-refractivity contribution in [1.29, 1.82) is 0 Å². The van der Waals surface area contributed by atoms with Gasteiger partial charge in [0, 0.05) is 5.92 Å². The van der Waals surface area contributed by atoms with Crippen molar-refractivity contribution in [2.45, 2.75) is 12.5 Å². The molecule has 0 aliphatic carbocycles. The minimum atomic E-state index is -0.605. The number of aliphatic hydroxyl groups is 1. The summed E-state index contributed by atoms with van der Waals surface area (Å²) in [7, 11) is 0. The SMILES string of the molecule is C=CC(O)C1COC(=O)C1. The minimum Gasteiger partial charge on any atom is -0.465 e. The van der Waals surface area contributed by atoms with E-state index in [1.807, 2.05) is 0 Å². The van der Waals surface area contributed by atoms with Crippen molar-refractivity contribution in [3.05, 3.63) is 12.7 Å². The molecule has 1 N–H and O–H groups in total. The maximum absolute atomic E-state index is 10.5. The van der Waals surface area contributed by atoms with Gasteiger partial charge in [-0.1, -0.05) is 6.08 Å². The second-order valence-corrected chi connectivity index (χ2v) is 2.37. The number of ether oxygens (including phenoxy) is 1. The van der Waals surface area contributed by atoms with Crippen molar-refractivity contribution < 1.29 is 14.6 Å². The molecule has 0 saturated carbocycles. The van der Waals surface area contributed by atoms with Crippen LogP contribution < -0.4 is 0 Å². The fourth-order valence-electron chi connectivity index (χ4n) is 0.944. The second kappa shape index (κ2) is 2.84. The Kier molecular flexibility index (Phi) is 2.06. The number of carbonyl (C=O) groups is 1. The van der Waals surface area contributed by atoms with Gasteiger partial charge < -0.3 is 9.84 Å². The maximum Gasteiger partial charge on any atom is 0.306 e. The summed E-state index contributed by atoms with van der Waals surface area (Å²) in [6.07, 6.45) is 1.13. The molecule has 0 radical (unpaired) electrons. The molecule has 0 aromatic rings. The zero-order valence-corrected chi connectivity index (χ0v) is 5.62. The van der Waals surface area contributed by atoms with Gasteiger partial charge in [0.1, 0.15) is 0 Å². The van der Waals surface area contributed by atoms with E-state index in [-0.39, 0.29) is 11.9 Å². The standard InChI is InChI=1S/C7H10O3/c1-2-6(8)5-3-7(9)10-4-5/h2,5-6,8H,1,3-4H2. The van der Waals surface area contributed by atoms with Gasteiger partial charge >= 0.3 is 5.97 Å². The molecule has 56 valence electrons. The predicted octanol–water partition coefficient (Wildman–Crippen LogP) is 0.0964. The number of rotatable bonds is 2. The van der Waals surface area contributed by atoms with Crippen LogP contribution in [0.25, 0.3) is 0 Å². The molecule has 1 heterocycles. The molecular weight excluding hydrogens is 132 g/mol. The molecule has 0 bridgehead atoms. The molecule has 1 aliphatic heterocycles. The molecule has 0 spiro atoms. The van der Waals surface area contributed by atoms with Crippen molar-refractivity contribution in [3.8, 4) is 0 Å². The molecule has 3 heteroatoms. The van der Waals surface area contributed by atoms with E-state index >= 15 is 0 Å². The highest BCUT2D eigenvalue weighted by Crippen LogP contribution is 2.17. The van der Waals surface area contributed by atoms with Crippen LogP contribution in [0.1, 0.15) is 6.42 Å². The van der Waals surface area contributed by atoms with Crippen molar-refractivity contribution in [2.75, 3.05) is 6.61 Å². The first kappa shape index (κ1) is 7.28. The summed E-state index contributed by atoms with van der Waals surface area (Å²) in [4.78, 5) is 10.5. The van der Waals surface area contributed by atoms with E-state index in [1.54, 1.807) is 0 Å². The van der Waals surface area contributed by atoms with Crippen LogP contribution in [0, 0.1) is 5.92 Å². The van der Waals surface area contributed by atoms with Gasteiger partial charge in [-0.05, 0) is 0 Å². The Morgan fingerprint density at radius 3 is 3.00 bits per heavy atom. The van der Waals surface area contributed by atoms with E-state index in [1.165, 1.54) is 6.08 Å². The van der Waals surface area contributed by atoms with Crippen molar-refractivity contribution in [3.63, 3.8) is 0 Å². The Hall–Kier alpha value is -0.830. The van der Waals surface area contributed by atoms with Crippen LogP contribution in [0.2, 0.25) is 0 Å². The van der Waals surface area contributed by atoms with Gasteiger partial charge in [-0.2, -0.15) is 0 Å². The molecule has 2 atom stereocenters. The smallest absolute Gasteiger partial charge is 0.306 e. The lowest BCUT2D eigenvalue weighted by molar-refractivity contribution is -0.137. The summed E-state index contributed by atoms with van der Waals surface area (Å²) in [5.41, 5.74) is 0. The van der Waals surface area contributed by atoms with Crippen LogP contribution >= 0.6 is 0 Å². The molecule has 1 saturated heterocycles. The number of aliphatic hydroxyl groups excluding tert-OH is 1. The first-order valence-electron chi connectivity index (χ1n) is 3.20. The van der Waals surface area contributed by atoms with Crippen LogP contribution in [0.4, 0.5) is 0 Å². The van der Waals surface area contributed by atoms with E-state index in [0.29, 0.717) is 13.0 Å². The highest BCUT2D eigenvalue weighted by Gasteiger charge is 2.27. The molecule has 1 fully saturated rings. The van der Waals surface area contributed by atoms with E-state index in [0.717, 1.165) is 0 Å². The maximum atomic E-state index is 10.5. The molecule has 1 aliphatic rings. The molecule has 0 aromatic carbocycles. The third kappa shape index (κ3) is 1.36. The van der Waals surface area contributed by atoms with E-state index in [2.05, 4.69) is 11.3 Å². The molecule has 0 amide bonds. The predicted molar refractivity (Wildman–Crippen MR) is 35.3 cm³/mol. The van der Waals surface area contributed by atoms with Gasteiger partial charge in [-0.15, -0.1) is 6.58 Å². The topological polar surface area (TPSA) is 46.5 Å². The van der Waals surface area contributed by atoms with Gasteiger partial charge in [0.15, 0.2) is 0 Å². The lowest BCUT2D eigenvalue weighted by Gasteiger charge is -2.08. The van der Waals surface area contributed by atoms with E-state index < -0.39 is 6.10 Å². The van der Waals surface area contributed by atoms with Crippen LogP contribution in [-0.4, -0.2) is 23.8 Å². The minimum absolute atomic E-state index is 0.0787. The monoisotopic (exact) mass is 142 g/mol. The van der Waals surface area contributed by atoms with Gasteiger partial charge in [-0.25, -0.2) is 0 Å². The van der Waals surface area contributed by atoms with Gasteiger partial charge in [0.05, 0.1) is 19.1 Å². The molecule has 3 nitrogen and oxygen atoms in total. The second-order valence-electron chi connectivity index (χ2n) is 2.37. The molecule has 10 heavy (non-hydrogen) atoms. The largest absolute Gasteiger partial charge is 0.465 e. The van der Waals surface area contributed by atoms with Crippen molar-refractivity contribution in [1.82, 2.24) is 0 Å². The molecule has 1 rings (SSSR count). The summed E-state index contributed by atoms with van der Waals surface area (Å²) in [6.45, 7) is 3.74. The number of esters is 1. The normalized spacial score (nSPS) is 27.7. The Morgan fingerprint density at radius 2 is 2.60 bits per heavy atom. The zero-order valence-electron chi connectivity index (χ0n) is 5.62. The number of hydrogen-bond donors (Lipinski definition) is 1. The van der Waals surface area contributed by atoms with Crippen LogP contribution in [0.3, 0.4) is 0 Å². The number of carbonyl (C=O) groups excluding carboxylic acids is 1. The summed E-state index contributed by atoms with van der Waals surface area (Å²) in [6, 6.07) is 0.